The summed E-state index contributed by atoms with van der Waals surface area (Å²) >= 11 is 17.7. The van der Waals surface area contributed by atoms with Crippen LogP contribution in [-0.2, 0) is 6.54 Å². The molecule has 0 saturated carbocycles. The summed E-state index contributed by atoms with van der Waals surface area (Å²) in [4.78, 5) is 1.93. The molecule has 1 N–H and O–H groups in total. The highest BCUT2D eigenvalue weighted by Gasteiger charge is 2.08. The summed E-state index contributed by atoms with van der Waals surface area (Å²) in [7, 11) is 1.93. The molecule has 0 aliphatic rings. The van der Waals surface area contributed by atoms with Gasteiger partial charge in [-0.05, 0) is 48.5 Å². The minimum atomic E-state index is 0.620. The van der Waals surface area contributed by atoms with E-state index in [4.69, 9.17) is 35.4 Å². The minimum absolute atomic E-state index is 0.620. The molecule has 0 heterocycles. The molecule has 110 valence electrons. The molecule has 0 fully saturated rings. The molecule has 5 heteroatoms. The summed E-state index contributed by atoms with van der Waals surface area (Å²) in [5, 5.41) is 5.26. The van der Waals surface area contributed by atoms with Crippen LogP contribution >= 0.6 is 35.4 Å². The summed E-state index contributed by atoms with van der Waals surface area (Å²) in [5.41, 5.74) is 2.95. The molecule has 0 aliphatic heterocycles. The summed E-state index contributed by atoms with van der Waals surface area (Å²) < 4.78 is 0. The first-order valence-corrected chi connectivity index (χ1v) is 7.65. The van der Waals surface area contributed by atoms with Crippen LogP contribution in [0.2, 0.25) is 10.0 Å². The van der Waals surface area contributed by atoms with Crippen LogP contribution in [0.25, 0.3) is 0 Å². The van der Waals surface area contributed by atoms with E-state index >= 15 is 0 Å². The van der Waals surface area contributed by atoms with Crippen molar-refractivity contribution in [1.82, 2.24) is 4.90 Å². The maximum Gasteiger partial charge on any atom is 0.173 e. The van der Waals surface area contributed by atoms with Crippen LogP contribution in [-0.4, -0.2) is 17.1 Å². The Hall–Kier alpha value is -1.29. The SMILES string of the molecule is Cc1ccc(NC(=S)N(C)Cc2ccccc2Cl)cc1Cl. The summed E-state index contributed by atoms with van der Waals surface area (Å²) in [6, 6.07) is 13.5. The minimum Gasteiger partial charge on any atom is -0.348 e. The van der Waals surface area contributed by atoms with Crippen molar-refractivity contribution in [3.8, 4) is 0 Å². The highest BCUT2D eigenvalue weighted by atomic mass is 35.5. The number of halogens is 2. The lowest BCUT2D eigenvalue weighted by molar-refractivity contribution is 0.508. The van der Waals surface area contributed by atoms with E-state index in [1.54, 1.807) is 0 Å². The standard InChI is InChI=1S/C16H16Cl2N2S/c1-11-7-8-13(9-15(11)18)19-16(21)20(2)10-12-5-3-4-6-14(12)17/h3-9H,10H2,1-2H3,(H,19,21). The highest BCUT2D eigenvalue weighted by Crippen LogP contribution is 2.21. The van der Waals surface area contributed by atoms with E-state index in [1.165, 1.54) is 0 Å². The Labute approximate surface area is 140 Å². The number of anilines is 1. The van der Waals surface area contributed by atoms with Gasteiger partial charge in [0.25, 0.3) is 0 Å². The Morgan fingerprint density at radius 3 is 2.52 bits per heavy atom. The van der Waals surface area contributed by atoms with Crippen molar-refractivity contribution in [2.24, 2.45) is 0 Å². The molecule has 21 heavy (non-hydrogen) atoms. The molecule has 0 atom stereocenters. The molecular formula is C16H16Cl2N2S. The van der Waals surface area contributed by atoms with Crippen LogP contribution in [0.15, 0.2) is 42.5 Å². The molecule has 0 amide bonds. The van der Waals surface area contributed by atoms with E-state index in [-0.39, 0.29) is 0 Å². The predicted octanol–water partition coefficient (Wildman–Crippen LogP) is 5.13. The van der Waals surface area contributed by atoms with Crippen molar-refractivity contribution in [2.45, 2.75) is 13.5 Å². The third kappa shape index (κ3) is 4.34. The zero-order valence-electron chi connectivity index (χ0n) is 11.9. The molecule has 2 aromatic rings. The van der Waals surface area contributed by atoms with E-state index in [0.717, 1.165) is 26.9 Å². The van der Waals surface area contributed by atoms with Gasteiger partial charge in [-0.3, -0.25) is 0 Å². The first kappa shape index (κ1) is 16.1. The fourth-order valence-corrected chi connectivity index (χ4v) is 2.40. The lowest BCUT2D eigenvalue weighted by Crippen LogP contribution is -2.30. The smallest absolute Gasteiger partial charge is 0.173 e. The van der Waals surface area contributed by atoms with Gasteiger partial charge < -0.3 is 10.2 Å². The average molecular weight is 339 g/mol. The number of rotatable bonds is 3. The van der Waals surface area contributed by atoms with Crippen LogP contribution in [0.1, 0.15) is 11.1 Å². The Bertz CT molecular complexity index is 658. The van der Waals surface area contributed by atoms with Gasteiger partial charge in [0, 0.05) is 29.3 Å². The van der Waals surface area contributed by atoms with Gasteiger partial charge in [0.15, 0.2) is 5.11 Å². The Morgan fingerprint density at radius 2 is 1.86 bits per heavy atom. The first-order valence-electron chi connectivity index (χ1n) is 6.49. The molecule has 2 nitrogen and oxygen atoms in total. The summed E-state index contributed by atoms with van der Waals surface area (Å²) in [5.74, 6) is 0. The van der Waals surface area contributed by atoms with Gasteiger partial charge in [-0.1, -0.05) is 47.5 Å². The van der Waals surface area contributed by atoms with Crippen LogP contribution in [0, 0.1) is 6.92 Å². The number of aryl methyl sites for hydroxylation is 1. The van der Waals surface area contributed by atoms with Crippen LogP contribution < -0.4 is 5.32 Å². The van der Waals surface area contributed by atoms with Crippen molar-refractivity contribution >= 4 is 46.2 Å². The number of hydrogen-bond acceptors (Lipinski definition) is 1. The third-order valence-corrected chi connectivity index (χ3v) is 4.32. The molecule has 0 unspecified atom stereocenters. The average Bonchev–Trinajstić information content (AvgIpc) is 2.45. The fraction of sp³-hybridized carbons (Fsp3) is 0.188. The highest BCUT2D eigenvalue weighted by molar-refractivity contribution is 7.80. The summed E-state index contributed by atoms with van der Waals surface area (Å²) in [6.07, 6.45) is 0. The zero-order chi connectivity index (χ0) is 15.4. The molecule has 2 aromatic carbocycles. The maximum atomic E-state index is 6.16. The lowest BCUT2D eigenvalue weighted by atomic mass is 10.2. The van der Waals surface area contributed by atoms with Gasteiger partial charge >= 0.3 is 0 Å². The van der Waals surface area contributed by atoms with E-state index in [0.29, 0.717) is 11.7 Å². The zero-order valence-corrected chi connectivity index (χ0v) is 14.2. The van der Waals surface area contributed by atoms with Crippen molar-refractivity contribution < 1.29 is 0 Å². The molecule has 0 aliphatic carbocycles. The molecule has 0 aromatic heterocycles. The van der Waals surface area contributed by atoms with E-state index in [1.807, 2.05) is 61.3 Å². The fourth-order valence-electron chi connectivity index (χ4n) is 1.84. The van der Waals surface area contributed by atoms with E-state index in [9.17, 15) is 0 Å². The second kappa shape index (κ2) is 7.12. The Kier molecular flexibility index (Phi) is 5.45. The third-order valence-electron chi connectivity index (χ3n) is 3.14. The number of hydrogen-bond donors (Lipinski definition) is 1. The van der Waals surface area contributed by atoms with Crippen LogP contribution in [0.3, 0.4) is 0 Å². The second-order valence-electron chi connectivity index (χ2n) is 4.84. The van der Waals surface area contributed by atoms with Crippen molar-refractivity contribution in [1.29, 1.82) is 0 Å². The molecule has 0 bridgehead atoms. The van der Waals surface area contributed by atoms with Crippen molar-refractivity contribution in [2.75, 3.05) is 12.4 Å². The molecule has 2 rings (SSSR count). The molecule has 0 spiro atoms. The number of benzene rings is 2. The van der Waals surface area contributed by atoms with Crippen molar-refractivity contribution in [3.63, 3.8) is 0 Å². The number of nitrogens with one attached hydrogen (secondary N) is 1. The summed E-state index contributed by atoms with van der Waals surface area (Å²) in [6.45, 7) is 2.61. The van der Waals surface area contributed by atoms with Gasteiger partial charge in [-0.2, -0.15) is 0 Å². The van der Waals surface area contributed by atoms with Crippen LogP contribution in [0.5, 0.6) is 0 Å². The van der Waals surface area contributed by atoms with Crippen LogP contribution in [0.4, 0.5) is 5.69 Å². The van der Waals surface area contributed by atoms with Gasteiger partial charge in [-0.25, -0.2) is 0 Å². The van der Waals surface area contributed by atoms with Gasteiger partial charge in [-0.15, -0.1) is 0 Å². The van der Waals surface area contributed by atoms with Gasteiger partial charge in [0.1, 0.15) is 0 Å². The number of nitrogens with zero attached hydrogens (tertiary/aromatic N) is 1. The Balaban J connectivity index is 2.02. The monoisotopic (exact) mass is 338 g/mol. The lowest BCUT2D eigenvalue weighted by Gasteiger charge is -2.22. The topological polar surface area (TPSA) is 15.3 Å². The number of thiocarbonyl (C=S) groups is 1. The molecule has 0 saturated heterocycles. The predicted molar refractivity (Wildman–Crippen MR) is 95.3 cm³/mol. The second-order valence-corrected chi connectivity index (χ2v) is 6.04. The maximum absolute atomic E-state index is 6.16. The molecular weight excluding hydrogens is 323 g/mol. The Morgan fingerprint density at radius 1 is 1.14 bits per heavy atom. The quantitative estimate of drug-likeness (QED) is 0.781. The largest absolute Gasteiger partial charge is 0.348 e. The van der Waals surface area contributed by atoms with Gasteiger partial charge in [0.05, 0.1) is 0 Å². The van der Waals surface area contributed by atoms with Gasteiger partial charge in [0.2, 0.25) is 0 Å². The molecule has 0 radical (unpaired) electrons. The van der Waals surface area contributed by atoms with E-state index < -0.39 is 0 Å². The van der Waals surface area contributed by atoms with E-state index in [2.05, 4.69) is 5.32 Å². The van der Waals surface area contributed by atoms with Crippen molar-refractivity contribution in [3.05, 3.63) is 63.6 Å². The first-order chi connectivity index (χ1) is 9.97. The normalized spacial score (nSPS) is 10.3.